The summed E-state index contributed by atoms with van der Waals surface area (Å²) >= 11 is 6.43. The van der Waals surface area contributed by atoms with Crippen molar-refractivity contribution >= 4 is 54.8 Å². The van der Waals surface area contributed by atoms with E-state index < -0.39 is 34.8 Å². The van der Waals surface area contributed by atoms with E-state index in [1.54, 1.807) is 0 Å². The van der Waals surface area contributed by atoms with Crippen molar-refractivity contribution in [3.8, 4) is 5.88 Å². The molecule has 0 saturated heterocycles. The summed E-state index contributed by atoms with van der Waals surface area (Å²) in [6, 6.07) is 1.46. The van der Waals surface area contributed by atoms with Gasteiger partial charge in [0.2, 0.25) is 5.88 Å². The molecule has 0 saturated carbocycles. The summed E-state index contributed by atoms with van der Waals surface area (Å²) < 4.78 is 78.9. The monoisotopic (exact) mass is 526 g/mol. The molecule has 4 nitrogen and oxygen atoms in total. The number of alkyl halides is 6. The average Bonchev–Trinajstić information content (AvgIpc) is 2.79. The molecular weight excluding hydrogens is 522 g/mol. The molecule has 0 radical (unpaired) electrons. The van der Waals surface area contributed by atoms with Crippen LogP contribution in [-0.4, -0.2) is 17.3 Å². The van der Waals surface area contributed by atoms with E-state index in [0.29, 0.717) is 11.3 Å². The molecule has 0 fully saturated rings. The summed E-state index contributed by atoms with van der Waals surface area (Å²) in [7, 11) is 0. The maximum absolute atomic E-state index is 12.8. The number of hydrogen-bond donors (Lipinski definition) is 1. The Hall–Kier alpha value is -1.34. The number of nitrogens with one attached hydrogen (secondary N) is 1. The third-order valence-corrected chi connectivity index (χ3v) is 4.93. The van der Waals surface area contributed by atoms with Gasteiger partial charge in [-0.25, -0.2) is 4.98 Å². The zero-order valence-electron chi connectivity index (χ0n) is 12.4. The van der Waals surface area contributed by atoms with Gasteiger partial charge in [-0.3, -0.25) is 4.79 Å². The lowest BCUT2D eigenvalue weighted by Crippen LogP contribution is -2.20. The molecule has 0 bridgehead atoms. The molecule has 1 aromatic heterocycles. The molecule has 2 rings (SSSR count). The number of carbonyl (C=O) groups excluding carboxylic acids is 1. The van der Waals surface area contributed by atoms with E-state index in [4.69, 9.17) is 0 Å². The van der Waals surface area contributed by atoms with Crippen molar-refractivity contribution in [2.24, 2.45) is 0 Å². The number of rotatable bonds is 3. The quantitative estimate of drug-likeness (QED) is 0.487. The highest BCUT2D eigenvalue weighted by atomic mass is 79.9. The van der Waals surface area contributed by atoms with Crippen LogP contribution in [0.4, 0.5) is 32.0 Å². The van der Waals surface area contributed by atoms with Gasteiger partial charge in [-0.05, 0) is 50.9 Å². The number of aromatic nitrogens is 1. The number of benzene rings is 1. The fraction of sp³-hybridized carbons (Fsp3) is 0.231. The predicted octanol–water partition coefficient (Wildman–Crippen LogP) is 6.15. The van der Waals surface area contributed by atoms with Crippen LogP contribution in [0.2, 0.25) is 0 Å². The zero-order chi connectivity index (χ0) is 19.9. The lowest BCUT2D eigenvalue weighted by Gasteiger charge is -2.14. The molecule has 1 amide bonds. The summed E-state index contributed by atoms with van der Waals surface area (Å²) in [4.78, 5) is 15.3. The molecule has 0 atom stereocenters. The van der Waals surface area contributed by atoms with Crippen LogP contribution in [0.25, 0.3) is 0 Å². The van der Waals surface area contributed by atoms with Crippen LogP contribution < -0.4 is 10.1 Å². The molecule has 142 valence electrons. The first kappa shape index (κ1) is 21.0. The molecule has 0 unspecified atom stereocenters. The van der Waals surface area contributed by atoms with Gasteiger partial charge in [0.1, 0.15) is 0 Å². The second kappa shape index (κ2) is 7.35. The molecule has 0 aliphatic rings. The van der Waals surface area contributed by atoms with E-state index in [2.05, 4.69) is 46.9 Å². The van der Waals surface area contributed by atoms with Gasteiger partial charge in [0.15, 0.2) is 4.88 Å². The first-order valence-corrected chi connectivity index (χ1v) is 8.79. The number of carbonyl (C=O) groups is 1. The molecule has 0 spiro atoms. The minimum Gasteiger partial charge on any atom is -0.386 e. The molecule has 1 heterocycles. The van der Waals surface area contributed by atoms with E-state index in [9.17, 15) is 31.1 Å². The smallest absolute Gasteiger partial charge is 0.386 e. The zero-order valence-corrected chi connectivity index (χ0v) is 16.3. The normalized spacial score (nSPS) is 12.2. The van der Waals surface area contributed by atoms with Gasteiger partial charge in [-0.15, -0.1) is 24.5 Å². The number of hydrogen-bond acceptors (Lipinski definition) is 4. The van der Waals surface area contributed by atoms with Crippen molar-refractivity contribution in [2.75, 3.05) is 5.32 Å². The van der Waals surface area contributed by atoms with Crippen molar-refractivity contribution < 1.29 is 35.9 Å². The van der Waals surface area contributed by atoms with E-state index in [-0.39, 0.29) is 19.6 Å². The number of amides is 1. The lowest BCUT2D eigenvalue weighted by atomic mass is 10.2. The Balaban J connectivity index is 2.34. The van der Waals surface area contributed by atoms with Gasteiger partial charge in [-0.2, -0.15) is 13.2 Å². The van der Waals surface area contributed by atoms with Crippen molar-refractivity contribution in [3.05, 3.63) is 36.5 Å². The summed E-state index contributed by atoms with van der Waals surface area (Å²) in [5.74, 6) is -1.95. The fourth-order valence-corrected chi connectivity index (χ4v) is 3.88. The molecule has 0 aliphatic heterocycles. The van der Waals surface area contributed by atoms with Gasteiger partial charge in [-0.1, -0.05) is 0 Å². The predicted molar refractivity (Wildman–Crippen MR) is 88.3 cm³/mol. The Bertz CT molecular complexity index is 827. The Kier molecular flexibility index (Phi) is 5.93. The third-order valence-electron chi connectivity index (χ3n) is 2.73. The Morgan fingerprint density at radius 3 is 2.15 bits per heavy atom. The summed E-state index contributed by atoms with van der Waals surface area (Å²) in [5.41, 5.74) is -1.07. The SMILES string of the molecule is Cc1nc(OC(F)(F)F)c(C(=O)Nc2c(Br)cc(C(F)(F)F)cc2Br)s1. The molecule has 0 aliphatic carbocycles. The van der Waals surface area contributed by atoms with Gasteiger partial charge in [0.25, 0.3) is 5.91 Å². The number of thiazole rings is 1. The Morgan fingerprint density at radius 1 is 1.15 bits per heavy atom. The van der Waals surface area contributed by atoms with E-state index in [1.807, 2.05) is 0 Å². The van der Waals surface area contributed by atoms with Crippen molar-refractivity contribution in [1.29, 1.82) is 0 Å². The molecule has 26 heavy (non-hydrogen) atoms. The number of aryl methyl sites for hydroxylation is 1. The highest BCUT2D eigenvalue weighted by Gasteiger charge is 2.35. The largest absolute Gasteiger partial charge is 0.574 e. The van der Waals surface area contributed by atoms with Crippen LogP contribution in [-0.2, 0) is 6.18 Å². The van der Waals surface area contributed by atoms with E-state index in [0.717, 1.165) is 12.1 Å². The highest BCUT2D eigenvalue weighted by molar-refractivity contribution is 9.11. The third kappa shape index (κ3) is 5.10. The molecule has 2 aromatic rings. The van der Waals surface area contributed by atoms with Crippen LogP contribution in [0.5, 0.6) is 5.88 Å². The Morgan fingerprint density at radius 2 is 1.69 bits per heavy atom. The number of ether oxygens (including phenoxy) is 1. The van der Waals surface area contributed by atoms with Crippen LogP contribution in [0.15, 0.2) is 21.1 Å². The minimum atomic E-state index is -5.05. The summed E-state index contributed by atoms with van der Waals surface area (Å²) in [5, 5.41) is 2.37. The first-order valence-electron chi connectivity index (χ1n) is 6.38. The average molecular weight is 528 g/mol. The van der Waals surface area contributed by atoms with Crippen LogP contribution in [0.1, 0.15) is 20.2 Å². The number of anilines is 1. The van der Waals surface area contributed by atoms with Gasteiger partial charge in [0.05, 0.1) is 16.3 Å². The number of halogens is 8. The lowest BCUT2D eigenvalue weighted by molar-refractivity contribution is -0.276. The van der Waals surface area contributed by atoms with Crippen LogP contribution in [0, 0.1) is 6.92 Å². The molecule has 1 aromatic carbocycles. The van der Waals surface area contributed by atoms with E-state index in [1.165, 1.54) is 6.92 Å². The molecule has 13 heteroatoms. The second-order valence-corrected chi connectivity index (χ2v) is 7.59. The van der Waals surface area contributed by atoms with Gasteiger partial charge < -0.3 is 10.1 Å². The summed E-state index contributed by atoms with van der Waals surface area (Å²) in [6.45, 7) is 1.37. The van der Waals surface area contributed by atoms with Crippen molar-refractivity contribution in [2.45, 2.75) is 19.5 Å². The van der Waals surface area contributed by atoms with Crippen molar-refractivity contribution in [3.63, 3.8) is 0 Å². The first-order chi connectivity index (χ1) is 11.8. The molecule has 1 N–H and O–H groups in total. The maximum Gasteiger partial charge on any atom is 0.574 e. The number of nitrogens with zero attached hydrogens (tertiary/aromatic N) is 1. The minimum absolute atomic E-state index is 0.0907. The fourth-order valence-electron chi connectivity index (χ4n) is 1.76. The molecular formula is C13H6Br2F6N2O2S. The van der Waals surface area contributed by atoms with Gasteiger partial charge >= 0.3 is 12.5 Å². The van der Waals surface area contributed by atoms with Gasteiger partial charge in [0, 0.05) is 8.95 Å². The Labute approximate surface area is 162 Å². The van der Waals surface area contributed by atoms with Crippen LogP contribution in [0.3, 0.4) is 0 Å². The van der Waals surface area contributed by atoms with E-state index >= 15 is 0 Å². The maximum atomic E-state index is 12.8. The summed E-state index contributed by atoms with van der Waals surface area (Å²) in [6.07, 6.45) is -9.67. The highest BCUT2D eigenvalue weighted by Crippen LogP contribution is 2.39. The standard InChI is InChI=1S/C13H6Br2F6N2O2S/c1-4-22-11(25-13(19,20)21)9(26-4)10(24)23-8-6(14)2-5(3-7(8)15)12(16,17)18/h2-3H,1H3,(H,23,24). The second-order valence-electron chi connectivity index (χ2n) is 4.68. The van der Waals surface area contributed by atoms with Crippen LogP contribution >= 0.6 is 43.2 Å². The topological polar surface area (TPSA) is 51.2 Å². The van der Waals surface area contributed by atoms with Crippen molar-refractivity contribution in [1.82, 2.24) is 4.98 Å².